The summed E-state index contributed by atoms with van der Waals surface area (Å²) in [4.78, 5) is 13.9. The molecule has 1 N–H and O–H groups in total. The van der Waals surface area contributed by atoms with Crippen molar-refractivity contribution in [2.24, 2.45) is 5.41 Å². The maximum absolute atomic E-state index is 12.1. The number of carbonyl (C=O) groups excluding carboxylic acids is 1. The Labute approximate surface area is 140 Å². The second kappa shape index (κ2) is 9.02. The van der Waals surface area contributed by atoms with Crippen molar-refractivity contribution in [1.82, 2.24) is 10.2 Å². The largest absolute Gasteiger partial charge is 0.444 e. The van der Waals surface area contributed by atoms with E-state index in [1.807, 2.05) is 37.4 Å². The molecule has 0 aromatic carbocycles. The first kappa shape index (κ1) is 19.6. The van der Waals surface area contributed by atoms with Crippen molar-refractivity contribution in [3.8, 4) is 0 Å². The number of likely N-dealkylation sites (tertiary alicyclic amines) is 1. The molecule has 1 aliphatic heterocycles. The number of nitrogens with zero attached hydrogens (tertiary/aromatic N) is 1. The second-order valence-electron chi connectivity index (χ2n) is 7.65. The molecule has 1 rings (SSSR count). The molecule has 0 bridgehead atoms. The highest BCUT2D eigenvalue weighted by Gasteiger charge is 2.33. The molecule has 130 valence electrons. The molecule has 0 radical (unpaired) electrons. The van der Waals surface area contributed by atoms with Gasteiger partial charge >= 0.3 is 6.09 Å². The first-order valence-corrected chi connectivity index (χ1v) is 9.83. The topological polar surface area (TPSA) is 41.6 Å². The Morgan fingerprint density at radius 2 is 1.91 bits per heavy atom. The normalized spacial score (nSPS) is 18.3. The van der Waals surface area contributed by atoms with Gasteiger partial charge in [0.05, 0.1) is 0 Å². The third-order valence-electron chi connectivity index (χ3n) is 4.13. The van der Waals surface area contributed by atoms with Crippen LogP contribution in [-0.4, -0.2) is 54.8 Å². The Balaban J connectivity index is 2.24. The molecule has 1 saturated heterocycles. The highest BCUT2D eigenvalue weighted by molar-refractivity contribution is 7.98. The van der Waals surface area contributed by atoms with Crippen LogP contribution in [0.3, 0.4) is 0 Å². The van der Waals surface area contributed by atoms with E-state index >= 15 is 0 Å². The maximum Gasteiger partial charge on any atom is 0.410 e. The molecular weight excluding hydrogens is 296 g/mol. The highest BCUT2D eigenvalue weighted by atomic mass is 32.2. The summed E-state index contributed by atoms with van der Waals surface area (Å²) in [6, 6.07) is 0. The van der Waals surface area contributed by atoms with Crippen molar-refractivity contribution in [2.45, 2.75) is 59.0 Å². The van der Waals surface area contributed by atoms with Gasteiger partial charge in [0.2, 0.25) is 0 Å². The van der Waals surface area contributed by atoms with E-state index in [0.29, 0.717) is 5.41 Å². The number of unbranched alkanes of at least 4 members (excludes halogenated alkanes) is 1. The van der Waals surface area contributed by atoms with Gasteiger partial charge in [0.15, 0.2) is 0 Å². The number of thioether (sulfide) groups is 1. The lowest BCUT2D eigenvalue weighted by atomic mass is 9.80. The SMILES string of the molecule is CSCCCCNCC1(C)CCN(C(=O)OC(C)(C)C)CC1. The quantitative estimate of drug-likeness (QED) is 0.722. The van der Waals surface area contributed by atoms with Gasteiger partial charge in [0.25, 0.3) is 0 Å². The molecule has 0 spiro atoms. The zero-order chi connectivity index (χ0) is 16.6. The van der Waals surface area contributed by atoms with Crippen LogP contribution in [-0.2, 0) is 4.74 Å². The zero-order valence-electron chi connectivity index (χ0n) is 15.0. The Kier molecular flexibility index (Phi) is 8.04. The average molecular weight is 331 g/mol. The van der Waals surface area contributed by atoms with Crippen molar-refractivity contribution in [1.29, 1.82) is 0 Å². The Bertz CT molecular complexity index is 334. The molecule has 4 nitrogen and oxygen atoms in total. The van der Waals surface area contributed by atoms with Crippen molar-refractivity contribution >= 4 is 17.9 Å². The summed E-state index contributed by atoms with van der Waals surface area (Å²) in [5.41, 5.74) is -0.103. The second-order valence-corrected chi connectivity index (χ2v) is 8.64. The molecule has 1 fully saturated rings. The van der Waals surface area contributed by atoms with Gasteiger partial charge in [-0.1, -0.05) is 6.92 Å². The number of hydrogen-bond acceptors (Lipinski definition) is 4. The summed E-state index contributed by atoms with van der Waals surface area (Å²) in [7, 11) is 0. The monoisotopic (exact) mass is 330 g/mol. The van der Waals surface area contributed by atoms with Crippen molar-refractivity contribution in [3.63, 3.8) is 0 Å². The third-order valence-corrected chi connectivity index (χ3v) is 4.82. The minimum Gasteiger partial charge on any atom is -0.444 e. The summed E-state index contributed by atoms with van der Waals surface area (Å²) < 4.78 is 5.45. The summed E-state index contributed by atoms with van der Waals surface area (Å²) >= 11 is 1.92. The first-order valence-electron chi connectivity index (χ1n) is 8.43. The van der Waals surface area contributed by atoms with Crippen LogP contribution in [0.2, 0.25) is 0 Å². The molecule has 5 heteroatoms. The molecule has 0 unspecified atom stereocenters. The molecule has 0 aromatic rings. The summed E-state index contributed by atoms with van der Waals surface area (Å²) in [5.74, 6) is 1.25. The van der Waals surface area contributed by atoms with Crippen LogP contribution < -0.4 is 5.32 Å². The van der Waals surface area contributed by atoms with Crippen LogP contribution in [0.15, 0.2) is 0 Å². The Morgan fingerprint density at radius 1 is 1.27 bits per heavy atom. The van der Waals surface area contributed by atoms with Gasteiger partial charge in [-0.3, -0.25) is 0 Å². The lowest BCUT2D eigenvalue weighted by Gasteiger charge is -2.40. The fourth-order valence-electron chi connectivity index (χ4n) is 2.62. The number of amides is 1. The van der Waals surface area contributed by atoms with Gasteiger partial charge in [-0.2, -0.15) is 11.8 Å². The predicted molar refractivity (Wildman–Crippen MR) is 95.6 cm³/mol. The highest BCUT2D eigenvalue weighted by Crippen LogP contribution is 2.30. The van der Waals surface area contributed by atoms with Crippen LogP contribution in [0, 0.1) is 5.41 Å². The van der Waals surface area contributed by atoms with Gasteiger partial charge in [0.1, 0.15) is 5.60 Å². The molecule has 0 saturated carbocycles. The van der Waals surface area contributed by atoms with Crippen LogP contribution >= 0.6 is 11.8 Å². The van der Waals surface area contributed by atoms with Gasteiger partial charge in [-0.25, -0.2) is 4.79 Å². The van der Waals surface area contributed by atoms with Gasteiger partial charge in [0, 0.05) is 19.6 Å². The molecule has 1 amide bonds. The van der Waals surface area contributed by atoms with Crippen LogP contribution in [0.5, 0.6) is 0 Å². The van der Waals surface area contributed by atoms with Crippen LogP contribution in [0.25, 0.3) is 0 Å². The van der Waals surface area contributed by atoms with E-state index in [0.717, 1.165) is 39.0 Å². The van der Waals surface area contributed by atoms with Crippen LogP contribution in [0.4, 0.5) is 4.79 Å². The molecule has 22 heavy (non-hydrogen) atoms. The van der Waals surface area contributed by atoms with Crippen molar-refractivity contribution in [2.75, 3.05) is 38.2 Å². The van der Waals surface area contributed by atoms with Gasteiger partial charge in [-0.05, 0) is 70.4 Å². The number of nitrogens with one attached hydrogen (secondary N) is 1. The van der Waals surface area contributed by atoms with Crippen molar-refractivity contribution in [3.05, 3.63) is 0 Å². The average Bonchev–Trinajstić information content (AvgIpc) is 2.41. The minimum atomic E-state index is -0.407. The summed E-state index contributed by atoms with van der Waals surface area (Å²) in [6.45, 7) is 11.8. The molecule has 0 aromatic heterocycles. The molecule has 1 heterocycles. The number of rotatable bonds is 7. The van der Waals surface area contributed by atoms with E-state index in [2.05, 4.69) is 18.5 Å². The number of ether oxygens (including phenoxy) is 1. The van der Waals surface area contributed by atoms with Gasteiger partial charge in [-0.15, -0.1) is 0 Å². The van der Waals surface area contributed by atoms with Crippen LogP contribution in [0.1, 0.15) is 53.4 Å². The molecule has 0 aliphatic carbocycles. The maximum atomic E-state index is 12.1. The molecule has 1 aliphatic rings. The van der Waals surface area contributed by atoms with E-state index in [-0.39, 0.29) is 6.09 Å². The molecule has 0 atom stereocenters. The number of piperidine rings is 1. The van der Waals surface area contributed by atoms with E-state index in [4.69, 9.17) is 4.74 Å². The standard InChI is InChI=1S/C17H34N2O2S/c1-16(2,3)21-15(20)19-11-8-17(4,9-12-19)14-18-10-6-7-13-22-5/h18H,6-14H2,1-5H3. The van der Waals surface area contributed by atoms with E-state index in [1.165, 1.54) is 18.6 Å². The number of hydrogen-bond donors (Lipinski definition) is 1. The predicted octanol–water partition coefficient (Wildman–Crippen LogP) is 3.76. The lowest BCUT2D eigenvalue weighted by Crippen LogP contribution is -2.47. The fourth-order valence-corrected chi connectivity index (χ4v) is 3.11. The number of carbonyl (C=O) groups is 1. The lowest BCUT2D eigenvalue weighted by molar-refractivity contribution is 0.0120. The van der Waals surface area contributed by atoms with Gasteiger partial charge < -0.3 is 15.0 Å². The molecular formula is C17H34N2O2S. The van der Waals surface area contributed by atoms with E-state index in [1.54, 1.807) is 0 Å². The fraction of sp³-hybridized carbons (Fsp3) is 0.941. The summed E-state index contributed by atoms with van der Waals surface area (Å²) in [5, 5.41) is 3.59. The smallest absolute Gasteiger partial charge is 0.410 e. The Morgan fingerprint density at radius 3 is 2.45 bits per heavy atom. The third kappa shape index (κ3) is 7.73. The minimum absolute atomic E-state index is 0.167. The first-order chi connectivity index (χ1) is 10.3. The Hall–Kier alpha value is -0.420. The van der Waals surface area contributed by atoms with E-state index < -0.39 is 5.60 Å². The van der Waals surface area contributed by atoms with Crippen molar-refractivity contribution < 1.29 is 9.53 Å². The summed E-state index contributed by atoms with van der Waals surface area (Å²) in [6.07, 6.45) is 6.62. The van der Waals surface area contributed by atoms with E-state index in [9.17, 15) is 4.79 Å². The zero-order valence-corrected chi connectivity index (χ0v) is 15.9.